The van der Waals surface area contributed by atoms with Gasteiger partial charge >= 0.3 is 10.4 Å². The van der Waals surface area contributed by atoms with Gasteiger partial charge in [0.2, 0.25) is 0 Å². The fourth-order valence-electron chi connectivity index (χ4n) is 6.31. The average Bonchev–Trinajstić information content (AvgIpc) is 3.37. The van der Waals surface area contributed by atoms with Crippen LogP contribution in [0.3, 0.4) is 0 Å². The molecule has 12 N–H and O–H groups in total. The molecule has 0 saturated heterocycles. The molecule has 0 fully saturated rings. The molecule has 0 aliphatic carbocycles. The van der Waals surface area contributed by atoms with Crippen LogP contribution in [0.1, 0.15) is 22.3 Å². The third-order valence-corrected chi connectivity index (χ3v) is 17.5. The molecule has 4 aromatic rings. The van der Waals surface area contributed by atoms with Gasteiger partial charge in [-0.15, -0.1) is 0 Å². The maximum absolute atomic E-state index is 13.0. The molecule has 32 heteroatoms. The number of halogens is 4. The van der Waals surface area contributed by atoms with Crippen molar-refractivity contribution >= 4 is 164 Å². The van der Waals surface area contributed by atoms with Crippen molar-refractivity contribution in [2.24, 2.45) is 20.6 Å². The Hall–Kier alpha value is -4.93. The Labute approximate surface area is 483 Å². The van der Waals surface area contributed by atoms with Gasteiger partial charge in [0.25, 0.3) is 23.6 Å². The van der Waals surface area contributed by atoms with Crippen molar-refractivity contribution in [1.82, 2.24) is 21.3 Å². The summed E-state index contributed by atoms with van der Waals surface area (Å²) in [6.45, 7) is 0.812. The largest absolute Gasteiger partial charge is 0.507 e. The van der Waals surface area contributed by atoms with Crippen molar-refractivity contribution in [3.63, 3.8) is 0 Å². The van der Waals surface area contributed by atoms with Gasteiger partial charge in [-0.3, -0.25) is 23.7 Å². The Balaban J connectivity index is 1.20. The molecule has 410 valence electrons. The van der Waals surface area contributed by atoms with Crippen molar-refractivity contribution in [1.29, 1.82) is 0 Å². The molecule has 0 spiro atoms. The average molecular weight is 1410 g/mol. The SMILES string of the molecule is O=C(NCCSSCCNC(=O)C(Cc1cc(Br)c(O)c(-c2cc(CC(=NO)C(=O)NCCSSCCNC(=O)C(Cc3ccc(OS(=O)(=O)O)c(Br)c3)=NO)cc(Br)c2O)c1)=NO)C(Cc1ccc(O)c(Br)c1)=NO. The number of rotatable bonds is 29. The number of hydrogen-bond acceptors (Lipinski definition) is 22. The first-order valence-corrected chi connectivity index (χ1v) is 31.1. The van der Waals surface area contributed by atoms with Crippen LogP contribution < -0.4 is 25.5 Å². The summed E-state index contributed by atoms with van der Waals surface area (Å²) in [5.74, 6) is -1.49. The lowest BCUT2D eigenvalue weighted by Gasteiger charge is -2.15. The second-order valence-corrected chi connectivity index (χ2v) is 25.1. The zero-order valence-corrected chi connectivity index (χ0v) is 49.5. The lowest BCUT2D eigenvalue weighted by Crippen LogP contribution is -2.34. The molecule has 0 aliphatic heterocycles. The molecule has 0 radical (unpaired) electrons. The topological polar surface area (TPSA) is 371 Å². The molecule has 0 aliphatic rings. The highest BCUT2D eigenvalue weighted by Gasteiger charge is 2.22. The second-order valence-electron chi connectivity index (χ2n) is 15.2. The second kappa shape index (κ2) is 32.1. The number of nitrogens with one attached hydrogen (secondary N) is 4. The van der Waals surface area contributed by atoms with Crippen LogP contribution in [0.15, 0.2) is 99.2 Å². The minimum atomic E-state index is -4.76. The zero-order valence-electron chi connectivity index (χ0n) is 39.0. The Morgan fingerprint density at radius 3 is 1.11 bits per heavy atom. The first kappa shape index (κ1) is 63.6. The lowest BCUT2D eigenvalue weighted by atomic mass is 9.95. The van der Waals surface area contributed by atoms with Crippen LogP contribution in [0.25, 0.3) is 11.1 Å². The first-order valence-electron chi connectivity index (χ1n) is 21.6. The quantitative estimate of drug-likeness (QED) is 0.00662. The van der Waals surface area contributed by atoms with Crippen molar-refractivity contribution in [3.8, 4) is 34.1 Å². The molecule has 0 bridgehead atoms. The first-order chi connectivity index (χ1) is 36.2. The number of aromatic hydroxyl groups is 3. The van der Waals surface area contributed by atoms with Crippen molar-refractivity contribution < 1.29 is 72.5 Å². The summed E-state index contributed by atoms with van der Waals surface area (Å²) in [5, 5.41) is 93.4. The molecule has 0 aromatic heterocycles. The highest BCUT2D eigenvalue weighted by molar-refractivity contribution is 9.11. The van der Waals surface area contributed by atoms with Gasteiger partial charge in [-0.1, -0.05) is 75.9 Å². The molecule has 0 unspecified atom stereocenters. The fourth-order valence-corrected chi connectivity index (χ4v) is 12.4. The maximum Gasteiger partial charge on any atom is 0.446 e. The van der Waals surface area contributed by atoms with Crippen LogP contribution in [-0.4, -0.2) is 145 Å². The molecule has 4 aromatic carbocycles. The summed E-state index contributed by atoms with van der Waals surface area (Å²) >= 11 is 12.9. The summed E-state index contributed by atoms with van der Waals surface area (Å²) in [6, 6.07) is 14.7. The van der Waals surface area contributed by atoms with Gasteiger partial charge in [0.05, 0.1) is 17.9 Å². The minimum absolute atomic E-state index is 0.0316. The Morgan fingerprint density at radius 2 is 0.789 bits per heavy atom. The van der Waals surface area contributed by atoms with E-state index in [1.165, 1.54) is 91.7 Å². The van der Waals surface area contributed by atoms with Crippen LogP contribution in [0, 0.1) is 0 Å². The van der Waals surface area contributed by atoms with Crippen LogP contribution in [0.5, 0.6) is 23.0 Å². The standard InChI is InChI=1S/C44H46Br4N8O15S5/c45-29-15-23(1-3-37(29)57)19-33(53-64)41(60)49-5-9-72-74-11-7-51-43(62)35(55-66)21-25-13-27(39(58)31(47)17-25)28-14-26(18-32(48)40(28)59)22-36(56-67)44(63)52-8-12-75-73-10-6-50-42(61)34(54-65)20-24-2-4-38(30(46)16-24)71-76(68,69)70/h1-4,13-18,57-59,64-67H,5-12,19-22H2,(H,49,60)(H,50,61)(H,51,62)(H,52,63)(H,68,69,70). The van der Waals surface area contributed by atoms with Gasteiger partial charge < -0.3 is 61.6 Å². The van der Waals surface area contributed by atoms with E-state index in [0.717, 1.165) is 0 Å². The normalized spacial score (nSPS) is 12.3. The molecule has 4 amide bonds. The zero-order chi connectivity index (χ0) is 56.0. The van der Waals surface area contributed by atoms with E-state index in [2.05, 4.69) is 110 Å². The number of hydrogen-bond donors (Lipinski definition) is 12. The van der Waals surface area contributed by atoms with Crippen LogP contribution in [0.2, 0.25) is 0 Å². The summed E-state index contributed by atoms with van der Waals surface area (Å²) in [4.78, 5) is 51.1. The molecule has 0 saturated carbocycles. The van der Waals surface area contributed by atoms with E-state index in [4.69, 9.17) is 4.55 Å². The number of phenolic OH excluding ortho intramolecular Hbond substituents is 3. The Morgan fingerprint density at radius 1 is 0.474 bits per heavy atom. The van der Waals surface area contributed by atoms with E-state index < -0.39 is 34.0 Å². The predicted octanol–water partition coefficient (Wildman–Crippen LogP) is 6.82. The summed E-state index contributed by atoms with van der Waals surface area (Å²) in [5.41, 5.74) is 1.25. The molecule has 0 atom stereocenters. The monoisotopic (exact) mass is 1400 g/mol. The van der Waals surface area contributed by atoms with Crippen LogP contribution in [-0.2, 0) is 55.3 Å². The number of carbonyl (C=O) groups excluding carboxylic acids is 4. The molecular formula is C44H46Br4N8O15S5. The number of phenols is 3. The van der Waals surface area contributed by atoms with Gasteiger partial charge in [-0.05, 0) is 135 Å². The number of oxime groups is 4. The summed E-state index contributed by atoms with van der Waals surface area (Å²) in [6.07, 6.45) is -0.484. The van der Waals surface area contributed by atoms with E-state index in [0.29, 0.717) is 49.7 Å². The minimum Gasteiger partial charge on any atom is -0.507 e. The van der Waals surface area contributed by atoms with E-state index in [1.807, 2.05) is 0 Å². The third kappa shape index (κ3) is 20.8. The molecule has 23 nitrogen and oxygen atoms in total. The molecule has 4 rings (SSSR count). The van der Waals surface area contributed by atoms with E-state index in [-0.39, 0.29) is 122 Å². The van der Waals surface area contributed by atoms with Gasteiger partial charge in [0, 0.05) is 86.0 Å². The Kier molecular flexibility index (Phi) is 26.9. The fraction of sp³-hybridized carbons (Fsp3) is 0.273. The van der Waals surface area contributed by atoms with Crippen molar-refractivity contribution in [3.05, 3.63) is 101 Å². The van der Waals surface area contributed by atoms with E-state index in [9.17, 15) is 63.7 Å². The van der Waals surface area contributed by atoms with Gasteiger partial charge in [0.15, 0.2) is 5.75 Å². The van der Waals surface area contributed by atoms with Gasteiger partial charge in [0.1, 0.15) is 40.1 Å². The number of nitrogens with zero attached hydrogens (tertiary/aromatic N) is 4. The van der Waals surface area contributed by atoms with E-state index >= 15 is 0 Å². The van der Waals surface area contributed by atoms with E-state index in [1.54, 1.807) is 12.1 Å². The number of amides is 4. The van der Waals surface area contributed by atoms with Gasteiger partial charge in [-0.25, -0.2) is 0 Å². The third-order valence-electron chi connectivity index (χ3n) is 9.81. The maximum atomic E-state index is 13.0. The van der Waals surface area contributed by atoms with Gasteiger partial charge in [-0.2, -0.15) is 8.42 Å². The number of carbonyl (C=O) groups is 4. The number of benzene rings is 4. The summed E-state index contributed by atoms with van der Waals surface area (Å²) in [7, 11) is 0.839. The summed E-state index contributed by atoms with van der Waals surface area (Å²) < 4.78 is 36.3. The van der Waals surface area contributed by atoms with Crippen LogP contribution >= 0.6 is 107 Å². The predicted molar refractivity (Wildman–Crippen MR) is 306 cm³/mol. The molecular weight excluding hydrogens is 1360 g/mol. The molecule has 0 heterocycles. The highest BCUT2D eigenvalue weighted by atomic mass is 79.9. The van der Waals surface area contributed by atoms with Crippen LogP contribution in [0.4, 0.5) is 0 Å². The highest BCUT2D eigenvalue weighted by Crippen LogP contribution is 2.44. The smallest absolute Gasteiger partial charge is 0.446 e. The van der Waals surface area contributed by atoms with Crippen molar-refractivity contribution in [2.45, 2.75) is 25.7 Å². The van der Waals surface area contributed by atoms with Crippen molar-refractivity contribution in [2.75, 3.05) is 49.2 Å². The molecule has 76 heavy (non-hydrogen) atoms. The lowest BCUT2D eigenvalue weighted by molar-refractivity contribution is -0.115. The Bertz CT molecular complexity index is 2990.